The fraction of sp³-hybridized carbons (Fsp3) is 0.533. The molecule has 0 fully saturated rings. The van der Waals surface area contributed by atoms with Crippen LogP contribution in [0.15, 0.2) is 24.3 Å². The Morgan fingerprint density at radius 3 is 2.33 bits per heavy atom. The molecule has 1 rings (SSSR count). The minimum absolute atomic E-state index is 0.0227. The molecule has 1 amide bonds. The molecule has 0 radical (unpaired) electrons. The van der Waals surface area contributed by atoms with Gasteiger partial charge in [-0.1, -0.05) is 29.8 Å². The molecule has 2 nitrogen and oxygen atoms in total. The Labute approximate surface area is 115 Å². The lowest BCUT2D eigenvalue weighted by Crippen LogP contribution is -2.44. The summed E-state index contributed by atoms with van der Waals surface area (Å²) < 4.78 is 0. The van der Waals surface area contributed by atoms with Crippen LogP contribution in [0.3, 0.4) is 0 Å². The number of carbonyl (C=O) groups is 1. The van der Waals surface area contributed by atoms with Gasteiger partial charge in [0.2, 0.25) is 5.91 Å². The third-order valence-electron chi connectivity index (χ3n) is 2.49. The molecule has 1 unspecified atom stereocenters. The lowest BCUT2D eigenvalue weighted by atomic mass is 10.1. The normalized spacial score (nSPS) is 13.2. The number of thioether (sulfide) groups is 1. The van der Waals surface area contributed by atoms with Gasteiger partial charge in [-0.15, -0.1) is 11.8 Å². The predicted octanol–water partition coefficient (Wildman–Crippen LogP) is 3.53. The van der Waals surface area contributed by atoms with Gasteiger partial charge in [-0.2, -0.15) is 0 Å². The number of rotatable bonds is 4. The topological polar surface area (TPSA) is 29.1 Å². The van der Waals surface area contributed by atoms with Crippen molar-refractivity contribution in [2.75, 3.05) is 0 Å². The Kier molecular flexibility index (Phi) is 5.27. The first kappa shape index (κ1) is 15.1. The van der Waals surface area contributed by atoms with E-state index in [0.29, 0.717) is 0 Å². The van der Waals surface area contributed by atoms with Gasteiger partial charge in [0.25, 0.3) is 0 Å². The number of nitrogens with one attached hydrogen (secondary N) is 1. The van der Waals surface area contributed by atoms with Crippen LogP contribution in [-0.2, 0) is 10.5 Å². The van der Waals surface area contributed by atoms with E-state index in [1.54, 1.807) is 11.8 Å². The van der Waals surface area contributed by atoms with Crippen LogP contribution in [0.25, 0.3) is 0 Å². The minimum atomic E-state index is -0.157. The molecule has 0 aliphatic heterocycles. The molecule has 0 aliphatic rings. The molecule has 0 heterocycles. The summed E-state index contributed by atoms with van der Waals surface area (Å²) in [6.07, 6.45) is 0. The van der Waals surface area contributed by atoms with Crippen molar-refractivity contribution in [2.24, 2.45) is 0 Å². The summed E-state index contributed by atoms with van der Waals surface area (Å²) in [5, 5.41) is 2.98. The summed E-state index contributed by atoms with van der Waals surface area (Å²) >= 11 is 1.67. The van der Waals surface area contributed by atoms with Crippen molar-refractivity contribution in [3.63, 3.8) is 0 Å². The predicted molar refractivity (Wildman–Crippen MR) is 79.8 cm³/mol. The van der Waals surface area contributed by atoms with Crippen molar-refractivity contribution in [3.8, 4) is 0 Å². The molecular formula is C15H23NOS. The number of benzene rings is 1. The Balaban J connectivity index is 2.43. The second-order valence-electron chi connectivity index (χ2n) is 5.68. The molecule has 0 bridgehead atoms. The third kappa shape index (κ3) is 5.58. The smallest absolute Gasteiger partial charge is 0.233 e. The van der Waals surface area contributed by atoms with Gasteiger partial charge in [0.05, 0.1) is 5.25 Å². The molecule has 0 saturated heterocycles. The summed E-state index contributed by atoms with van der Waals surface area (Å²) in [6, 6.07) is 8.46. The van der Waals surface area contributed by atoms with Crippen molar-refractivity contribution >= 4 is 17.7 Å². The van der Waals surface area contributed by atoms with E-state index in [1.807, 2.05) is 27.7 Å². The third-order valence-corrected chi connectivity index (χ3v) is 3.70. The zero-order chi connectivity index (χ0) is 13.8. The van der Waals surface area contributed by atoms with Gasteiger partial charge < -0.3 is 5.32 Å². The largest absolute Gasteiger partial charge is 0.351 e. The molecule has 1 aromatic rings. The van der Waals surface area contributed by atoms with Crippen LogP contribution >= 0.6 is 11.8 Å². The van der Waals surface area contributed by atoms with Gasteiger partial charge in [-0.25, -0.2) is 0 Å². The van der Waals surface area contributed by atoms with Gasteiger partial charge in [-0.3, -0.25) is 4.79 Å². The van der Waals surface area contributed by atoms with Crippen LogP contribution < -0.4 is 5.32 Å². The van der Waals surface area contributed by atoms with Crippen LogP contribution in [-0.4, -0.2) is 16.7 Å². The Morgan fingerprint density at radius 2 is 1.83 bits per heavy atom. The van der Waals surface area contributed by atoms with E-state index in [4.69, 9.17) is 0 Å². The standard InChI is InChI=1S/C15H23NOS/c1-11-6-8-13(9-7-11)10-18-12(2)14(17)16-15(3,4)5/h6-9,12H,10H2,1-5H3,(H,16,17). The lowest BCUT2D eigenvalue weighted by Gasteiger charge is -2.23. The van der Waals surface area contributed by atoms with E-state index in [0.717, 1.165) is 5.75 Å². The maximum Gasteiger partial charge on any atom is 0.233 e. The van der Waals surface area contributed by atoms with Crippen LogP contribution in [0.4, 0.5) is 0 Å². The molecule has 3 heteroatoms. The molecule has 1 N–H and O–H groups in total. The zero-order valence-electron chi connectivity index (χ0n) is 11.9. The van der Waals surface area contributed by atoms with Crippen molar-refractivity contribution in [1.29, 1.82) is 0 Å². The van der Waals surface area contributed by atoms with Crippen molar-refractivity contribution in [1.82, 2.24) is 5.32 Å². The molecule has 0 saturated carbocycles. The monoisotopic (exact) mass is 265 g/mol. The molecule has 0 aliphatic carbocycles. The molecular weight excluding hydrogens is 242 g/mol. The maximum absolute atomic E-state index is 11.9. The van der Waals surface area contributed by atoms with Crippen LogP contribution in [0.5, 0.6) is 0 Å². The second-order valence-corrected chi connectivity index (χ2v) is 7.01. The second kappa shape index (κ2) is 6.28. The number of hydrogen-bond donors (Lipinski definition) is 1. The van der Waals surface area contributed by atoms with Gasteiger partial charge in [0.1, 0.15) is 0 Å². The fourth-order valence-electron chi connectivity index (χ4n) is 1.45. The van der Waals surface area contributed by atoms with Crippen LogP contribution in [0.1, 0.15) is 38.8 Å². The first-order valence-corrected chi connectivity index (χ1v) is 7.32. The van der Waals surface area contributed by atoms with Crippen LogP contribution in [0, 0.1) is 6.92 Å². The maximum atomic E-state index is 11.9. The van der Waals surface area contributed by atoms with Crippen molar-refractivity contribution < 1.29 is 4.79 Å². The summed E-state index contributed by atoms with van der Waals surface area (Å²) in [5.41, 5.74) is 2.37. The highest BCUT2D eigenvalue weighted by molar-refractivity contribution is 7.99. The molecule has 100 valence electrons. The first-order chi connectivity index (χ1) is 8.28. The highest BCUT2D eigenvalue weighted by Gasteiger charge is 2.19. The number of carbonyl (C=O) groups excluding carboxylic acids is 1. The minimum Gasteiger partial charge on any atom is -0.351 e. The van der Waals surface area contributed by atoms with E-state index >= 15 is 0 Å². The average Bonchev–Trinajstić information content (AvgIpc) is 2.25. The quantitative estimate of drug-likeness (QED) is 0.902. The number of aryl methyl sites for hydroxylation is 1. The fourth-order valence-corrected chi connectivity index (χ4v) is 2.30. The van der Waals surface area contributed by atoms with Crippen molar-refractivity contribution in [3.05, 3.63) is 35.4 Å². The van der Waals surface area contributed by atoms with E-state index in [-0.39, 0.29) is 16.7 Å². The first-order valence-electron chi connectivity index (χ1n) is 6.27. The van der Waals surface area contributed by atoms with Gasteiger partial charge >= 0.3 is 0 Å². The molecule has 18 heavy (non-hydrogen) atoms. The van der Waals surface area contributed by atoms with Gasteiger partial charge in [0.15, 0.2) is 0 Å². The molecule has 1 aromatic carbocycles. The van der Waals surface area contributed by atoms with E-state index < -0.39 is 0 Å². The number of amides is 1. The van der Waals surface area contributed by atoms with Gasteiger partial charge in [-0.05, 0) is 40.2 Å². The zero-order valence-corrected chi connectivity index (χ0v) is 12.7. The Bertz CT molecular complexity index is 392. The average molecular weight is 265 g/mol. The van der Waals surface area contributed by atoms with Gasteiger partial charge in [0, 0.05) is 11.3 Å². The summed E-state index contributed by atoms with van der Waals surface area (Å²) in [4.78, 5) is 11.9. The molecule has 0 spiro atoms. The lowest BCUT2D eigenvalue weighted by molar-refractivity contribution is -0.121. The van der Waals surface area contributed by atoms with Crippen LogP contribution in [0.2, 0.25) is 0 Å². The summed E-state index contributed by atoms with van der Waals surface area (Å²) in [5.74, 6) is 0.985. The van der Waals surface area contributed by atoms with Crippen molar-refractivity contribution in [2.45, 2.75) is 51.2 Å². The van der Waals surface area contributed by atoms with E-state index in [2.05, 4.69) is 36.5 Å². The Morgan fingerprint density at radius 1 is 1.28 bits per heavy atom. The highest BCUT2D eigenvalue weighted by Crippen LogP contribution is 2.18. The van der Waals surface area contributed by atoms with E-state index in [9.17, 15) is 4.79 Å². The number of hydrogen-bond acceptors (Lipinski definition) is 2. The molecule has 1 atom stereocenters. The summed E-state index contributed by atoms with van der Waals surface area (Å²) in [6.45, 7) is 10.0. The Hall–Kier alpha value is -0.960. The van der Waals surface area contributed by atoms with E-state index in [1.165, 1.54) is 11.1 Å². The SMILES string of the molecule is Cc1ccc(CSC(C)C(=O)NC(C)(C)C)cc1. The molecule has 0 aromatic heterocycles. The highest BCUT2D eigenvalue weighted by atomic mass is 32.2. The summed E-state index contributed by atoms with van der Waals surface area (Å²) in [7, 11) is 0.